The number of hydrogen-bond acceptors (Lipinski definition) is 7. The maximum absolute atomic E-state index is 13.1. The van der Waals surface area contributed by atoms with Crippen molar-refractivity contribution >= 4 is 11.8 Å². The largest absolute Gasteiger partial charge is 0.471 e. The number of nitrogens with zero attached hydrogens (tertiary/aromatic N) is 3. The van der Waals surface area contributed by atoms with Gasteiger partial charge in [-0.2, -0.15) is 13.2 Å². The van der Waals surface area contributed by atoms with Gasteiger partial charge in [0.25, 0.3) is 0 Å². The molecule has 5 atom stereocenters. The summed E-state index contributed by atoms with van der Waals surface area (Å²) < 4.78 is 52.7. The molecule has 0 aliphatic carbocycles. The highest BCUT2D eigenvalue weighted by Gasteiger charge is 2.47. The minimum absolute atomic E-state index is 0.0153. The van der Waals surface area contributed by atoms with Crippen molar-refractivity contribution in [2.24, 2.45) is 5.92 Å². The Labute approximate surface area is 307 Å². The predicted octanol–water partition coefficient (Wildman–Crippen LogP) is 6.38. The Morgan fingerprint density at radius 2 is 1.70 bits per heavy atom. The highest BCUT2D eigenvalue weighted by Crippen LogP contribution is 2.42. The lowest BCUT2D eigenvalue weighted by atomic mass is 9.90. The second-order valence-electron chi connectivity index (χ2n) is 13.9. The number of likely N-dealkylation sites (tertiary alicyclic amines) is 1. The number of hydrogen-bond donors (Lipinski definition) is 2. The number of alkyl halides is 3. The molecule has 9 nitrogen and oxygen atoms in total. The van der Waals surface area contributed by atoms with E-state index in [1.807, 2.05) is 91.0 Å². The highest BCUT2D eigenvalue weighted by molar-refractivity contribution is 5.90. The smallest absolute Gasteiger partial charge is 0.392 e. The zero-order valence-corrected chi connectivity index (χ0v) is 29.8. The molecule has 3 aromatic carbocycles. The first-order chi connectivity index (χ1) is 25.5. The molecular formula is C41H45F3N4O5. The van der Waals surface area contributed by atoms with Crippen LogP contribution in [0.1, 0.15) is 60.1 Å². The van der Waals surface area contributed by atoms with Crippen molar-refractivity contribution in [3.8, 4) is 11.1 Å². The number of rotatable bonds is 12. The van der Waals surface area contributed by atoms with Crippen molar-refractivity contribution in [1.82, 2.24) is 20.1 Å². The van der Waals surface area contributed by atoms with Crippen molar-refractivity contribution in [2.75, 3.05) is 26.7 Å². The maximum atomic E-state index is 13.1. The number of halogens is 3. The van der Waals surface area contributed by atoms with Crippen LogP contribution >= 0.6 is 0 Å². The van der Waals surface area contributed by atoms with E-state index in [1.54, 1.807) is 6.20 Å². The first kappa shape index (κ1) is 38.1. The predicted molar refractivity (Wildman–Crippen MR) is 193 cm³/mol. The van der Waals surface area contributed by atoms with Crippen LogP contribution in [-0.2, 0) is 38.6 Å². The molecule has 53 heavy (non-hydrogen) atoms. The van der Waals surface area contributed by atoms with E-state index in [-0.39, 0.29) is 44.2 Å². The van der Waals surface area contributed by atoms with Crippen molar-refractivity contribution in [3.63, 3.8) is 0 Å². The van der Waals surface area contributed by atoms with Gasteiger partial charge in [-0.15, -0.1) is 0 Å². The lowest BCUT2D eigenvalue weighted by Gasteiger charge is -2.42. The molecule has 1 aromatic heterocycles. The zero-order chi connectivity index (χ0) is 37.5. The highest BCUT2D eigenvalue weighted by atomic mass is 19.4. The molecule has 2 saturated heterocycles. The van der Waals surface area contributed by atoms with E-state index in [0.717, 1.165) is 52.0 Å². The van der Waals surface area contributed by atoms with Crippen LogP contribution in [0.15, 0.2) is 97.2 Å². The minimum Gasteiger partial charge on any atom is -0.392 e. The third-order valence-electron chi connectivity index (χ3n) is 10.0. The number of amides is 2. The van der Waals surface area contributed by atoms with Gasteiger partial charge in [0, 0.05) is 56.0 Å². The average molecular weight is 731 g/mol. The Morgan fingerprint density at radius 1 is 0.943 bits per heavy atom. The maximum Gasteiger partial charge on any atom is 0.471 e. The topological polar surface area (TPSA) is 104 Å². The average Bonchev–Trinajstić information content (AvgIpc) is 3.67. The number of benzene rings is 3. The van der Waals surface area contributed by atoms with E-state index in [1.165, 1.54) is 0 Å². The van der Waals surface area contributed by atoms with Crippen LogP contribution in [0.4, 0.5) is 13.2 Å². The Balaban J connectivity index is 1.17. The van der Waals surface area contributed by atoms with Crippen LogP contribution in [0.5, 0.6) is 0 Å². The number of carbonyl (C=O) groups excluding carboxylic acids is 2. The molecule has 2 N–H and O–H groups in total. The normalized spacial score (nSPS) is 21.9. The van der Waals surface area contributed by atoms with Crippen molar-refractivity contribution in [3.05, 3.63) is 125 Å². The molecule has 5 unspecified atom stereocenters. The quantitative estimate of drug-likeness (QED) is 0.175. The van der Waals surface area contributed by atoms with Crippen molar-refractivity contribution in [1.29, 1.82) is 0 Å². The Bertz CT molecular complexity index is 1840. The minimum atomic E-state index is -5.03. The lowest BCUT2D eigenvalue weighted by Crippen LogP contribution is -2.50. The third kappa shape index (κ3) is 9.49. The number of aliphatic hydroxyl groups is 1. The first-order valence-electron chi connectivity index (χ1n) is 17.9. The van der Waals surface area contributed by atoms with Gasteiger partial charge in [0.1, 0.15) is 6.04 Å². The summed E-state index contributed by atoms with van der Waals surface area (Å²) in [5, 5.41) is 12.3. The summed E-state index contributed by atoms with van der Waals surface area (Å²) in [5.74, 6) is -2.57. The summed E-state index contributed by atoms with van der Waals surface area (Å²) in [6, 6.07) is 28.0. The van der Waals surface area contributed by atoms with Gasteiger partial charge in [-0.3, -0.25) is 14.6 Å². The molecule has 6 rings (SSSR count). The van der Waals surface area contributed by atoms with Gasteiger partial charge in [0.05, 0.1) is 18.8 Å². The summed E-state index contributed by atoms with van der Waals surface area (Å²) in [6.07, 6.45) is -3.00. The molecular weight excluding hydrogens is 685 g/mol. The van der Waals surface area contributed by atoms with E-state index < -0.39 is 30.3 Å². The Hall–Kier alpha value is -4.62. The molecule has 2 fully saturated rings. The fourth-order valence-electron chi connectivity index (χ4n) is 7.06. The molecule has 280 valence electrons. The van der Waals surface area contributed by atoms with Crippen LogP contribution < -0.4 is 5.32 Å². The molecule has 0 saturated carbocycles. The number of pyridine rings is 1. The Kier molecular flexibility index (Phi) is 12.2. The van der Waals surface area contributed by atoms with E-state index in [2.05, 4.69) is 29.2 Å². The number of aromatic nitrogens is 1. The summed E-state index contributed by atoms with van der Waals surface area (Å²) >= 11 is 0. The molecule has 0 spiro atoms. The van der Waals surface area contributed by atoms with Crippen LogP contribution in [0, 0.1) is 5.92 Å². The van der Waals surface area contributed by atoms with Crippen LogP contribution in [0.2, 0.25) is 0 Å². The summed E-state index contributed by atoms with van der Waals surface area (Å²) in [4.78, 5) is 32.1. The van der Waals surface area contributed by atoms with Gasteiger partial charge in [0.2, 0.25) is 5.91 Å². The summed E-state index contributed by atoms with van der Waals surface area (Å²) in [6.45, 7) is 3.57. The molecule has 2 aliphatic heterocycles. The molecule has 12 heteroatoms. The van der Waals surface area contributed by atoms with Gasteiger partial charge in [-0.25, -0.2) is 0 Å². The van der Waals surface area contributed by atoms with Gasteiger partial charge in [-0.05, 0) is 72.0 Å². The van der Waals surface area contributed by atoms with E-state index >= 15 is 0 Å². The molecule has 2 aliphatic rings. The van der Waals surface area contributed by atoms with Crippen LogP contribution in [0.3, 0.4) is 0 Å². The van der Waals surface area contributed by atoms with Crippen molar-refractivity contribution in [2.45, 2.75) is 70.1 Å². The van der Waals surface area contributed by atoms with Gasteiger partial charge in [0.15, 0.2) is 6.29 Å². The number of aliphatic hydroxyl groups excluding tert-OH is 1. The molecule has 0 bridgehead atoms. The van der Waals surface area contributed by atoms with Gasteiger partial charge in [-0.1, -0.05) is 73.7 Å². The SMILES string of the molecule is CC1C(CN(C)CCc2ccccn2)OC(c2cccc(-c3cccc(CNC(=O)C4CCCN4C(=O)C(F)(F)F)c3)c2)OC1c1ccc(CO)cc1. The third-order valence-corrected chi connectivity index (χ3v) is 10.0. The fourth-order valence-corrected chi connectivity index (χ4v) is 7.06. The number of carbonyl (C=O) groups is 2. The van der Waals surface area contributed by atoms with Crippen LogP contribution in [-0.4, -0.2) is 76.7 Å². The first-order valence-corrected chi connectivity index (χ1v) is 17.9. The molecule has 0 radical (unpaired) electrons. The van der Waals surface area contributed by atoms with E-state index in [4.69, 9.17) is 9.47 Å². The Morgan fingerprint density at radius 3 is 2.42 bits per heavy atom. The van der Waals surface area contributed by atoms with E-state index in [9.17, 15) is 27.9 Å². The van der Waals surface area contributed by atoms with Crippen molar-refractivity contribution < 1.29 is 37.3 Å². The second-order valence-corrected chi connectivity index (χ2v) is 13.9. The van der Waals surface area contributed by atoms with E-state index in [0.29, 0.717) is 17.9 Å². The van der Waals surface area contributed by atoms with Crippen LogP contribution in [0.25, 0.3) is 11.1 Å². The molecule has 2 amide bonds. The molecule has 4 aromatic rings. The molecule has 3 heterocycles. The number of nitrogens with one attached hydrogen (secondary N) is 1. The van der Waals surface area contributed by atoms with Gasteiger partial charge < -0.3 is 29.7 Å². The lowest BCUT2D eigenvalue weighted by molar-refractivity contribution is -0.275. The summed E-state index contributed by atoms with van der Waals surface area (Å²) in [5.41, 5.74) is 6.21. The standard InChI is InChI=1S/C41H45F3N4O5/c1-27-36(25-47(2)21-18-34-12-3-4-19-45-34)52-39(53-37(27)30-16-14-28(26-49)15-17-30)33-11-6-10-32(23-33)31-9-5-8-29(22-31)24-46-38(50)35-13-7-20-48(35)40(51)41(42,43)44/h3-6,8-12,14-17,19,22-23,27,35-37,39,49H,7,13,18,20-21,24-26H2,1-2H3,(H,46,50). The fraction of sp³-hybridized carbons (Fsp3) is 0.390. The van der Waals surface area contributed by atoms with Gasteiger partial charge >= 0.3 is 12.1 Å². The zero-order valence-electron chi connectivity index (χ0n) is 29.8. The number of likely N-dealkylation sites (N-methyl/N-ethyl adjacent to an activating group) is 1. The number of ether oxygens (including phenoxy) is 2. The monoisotopic (exact) mass is 730 g/mol. The summed E-state index contributed by atoms with van der Waals surface area (Å²) in [7, 11) is 2.08. The second kappa shape index (κ2) is 17.0.